The van der Waals surface area contributed by atoms with E-state index in [1.54, 1.807) is 0 Å². The van der Waals surface area contributed by atoms with Crippen molar-refractivity contribution >= 4 is 0 Å². The van der Waals surface area contributed by atoms with Gasteiger partial charge in [0.15, 0.2) is 0 Å². The number of hydrogen-bond acceptors (Lipinski definition) is 3. The Morgan fingerprint density at radius 2 is 1.04 bits per heavy atom. The molecule has 1 rings (SSSR count). The van der Waals surface area contributed by atoms with Gasteiger partial charge in [0.1, 0.15) is 0 Å². The van der Waals surface area contributed by atoms with Gasteiger partial charge in [-0.25, -0.2) is 0 Å². The predicted molar refractivity (Wildman–Crippen MR) is 111 cm³/mol. The maximum absolute atomic E-state index is 8.07. The van der Waals surface area contributed by atoms with Gasteiger partial charge in [-0.15, -0.1) is 5.41 Å². The van der Waals surface area contributed by atoms with E-state index in [9.17, 15) is 0 Å². The summed E-state index contributed by atoms with van der Waals surface area (Å²) < 4.78 is 0. The van der Waals surface area contributed by atoms with Crippen LogP contribution in [0.5, 0.6) is 0 Å². The van der Waals surface area contributed by atoms with Crippen molar-refractivity contribution in [1.82, 2.24) is 0 Å². The monoisotopic (exact) mass is 403 g/mol. The van der Waals surface area contributed by atoms with Gasteiger partial charge in [0.25, 0.3) is 0 Å². The Morgan fingerprint density at radius 3 is 1.15 bits per heavy atom. The summed E-state index contributed by atoms with van der Waals surface area (Å²) in [7, 11) is 0. The van der Waals surface area contributed by atoms with Gasteiger partial charge in [-0.3, -0.25) is 0 Å². The maximum Gasteiger partial charge on any atom is 0.0430 e. The second-order valence-corrected chi connectivity index (χ2v) is 6.48. The van der Waals surface area contributed by atoms with E-state index in [1.165, 1.54) is 5.56 Å². The fourth-order valence-electron chi connectivity index (χ4n) is 1.36. The molecule has 0 radical (unpaired) electrons. The normalized spacial score (nSPS) is 9.27. The number of aliphatic hydroxyl groups is 3. The maximum atomic E-state index is 8.07. The molecule has 0 saturated carbocycles. The van der Waals surface area contributed by atoms with E-state index in [0.717, 1.165) is 38.5 Å². The molecule has 0 unspecified atom stereocenters. The largest absolute Gasteiger partial charge is 0.396 e. The molecule has 0 saturated heterocycles. The fraction of sp³-hybridized carbons (Fsp3) is 0.682. The molecular formula is C22H43O3Ti-. The Balaban J connectivity index is -0.000000132. The molecule has 3 nitrogen and oxygen atoms in total. The number of rotatable bonds is 7. The van der Waals surface area contributed by atoms with Crippen molar-refractivity contribution in [3.8, 4) is 0 Å². The predicted octanol–water partition coefficient (Wildman–Crippen LogP) is 5.13. The van der Waals surface area contributed by atoms with E-state index < -0.39 is 0 Å². The summed E-state index contributed by atoms with van der Waals surface area (Å²) >= 11 is 0. The van der Waals surface area contributed by atoms with Crippen molar-refractivity contribution in [2.24, 2.45) is 0 Å². The van der Waals surface area contributed by atoms with Gasteiger partial charge in [0.05, 0.1) is 0 Å². The third-order valence-electron chi connectivity index (χ3n) is 3.09. The molecule has 0 heterocycles. The molecule has 26 heavy (non-hydrogen) atoms. The number of benzene rings is 1. The minimum atomic E-state index is 0. The quantitative estimate of drug-likeness (QED) is 0.437. The fourth-order valence-corrected chi connectivity index (χ4v) is 1.36. The third-order valence-corrected chi connectivity index (χ3v) is 3.09. The van der Waals surface area contributed by atoms with Gasteiger partial charge in [0.2, 0.25) is 0 Å². The Morgan fingerprint density at radius 1 is 0.731 bits per heavy atom. The molecule has 3 N–H and O–H groups in total. The van der Waals surface area contributed by atoms with Crippen molar-refractivity contribution in [2.45, 2.75) is 78.6 Å². The van der Waals surface area contributed by atoms with Gasteiger partial charge in [-0.05, 0) is 19.3 Å². The molecule has 0 amide bonds. The summed E-state index contributed by atoms with van der Waals surface area (Å²) in [5.41, 5.74) is 1.33. The molecule has 1 aromatic carbocycles. The van der Waals surface area contributed by atoms with Gasteiger partial charge in [0, 0.05) is 41.5 Å². The van der Waals surface area contributed by atoms with Crippen LogP contribution in [0, 0.1) is 6.92 Å². The van der Waals surface area contributed by atoms with Crippen LogP contribution in [0.15, 0.2) is 30.3 Å². The van der Waals surface area contributed by atoms with Crippen molar-refractivity contribution in [3.05, 3.63) is 42.8 Å². The zero-order valence-electron chi connectivity index (χ0n) is 17.8. The Hall–Kier alpha value is -0.186. The molecular weight excluding hydrogens is 360 g/mol. The van der Waals surface area contributed by atoms with Crippen molar-refractivity contribution in [2.75, 3.05) is 19.8 Å². The zero-order chi connectivity index (χ0) is 20.0. The molecule has 0 aliphatic carbocycles. The first-order chi connectivity index (χ1) is 11.8. The molecule has 0 aliphatic heterocycles. The average molecular weight is 403 g/mol. The minimum Gasteiger partial charge on any atom is -0.396 e. The topological polar surface area (TPSA) is 60.7 Å². The third kappa shape index (κ3) is 31.6. The SMILES string of the molecule is CCCCO.CCCCO.CCCCO.[CH2-]C(C)(C)c1ccccc1.[Ti]. The summed E-state index contributed by atoms with van der Waals surface area (Å²) in [4.78, 5) is 0. The van der Waals surface area contributed by atoms with Gasteiger partial charge in [-0.1, -0.05) is 89.8 Å². The molecule has 0 spiro atoms. The van der Waals surface area contributed by atoms with Crippen molar-refractivity contribution < 1.29 is 37.0 Å². The van der Waals surface area contributed by atoms with Crippen LogP contribution >= 0.6 is 0 Å². The first-order valence-corrected chi connectivity index (χ1v) is 9.58. The van der Waals surface area contributed by atoms with Crippen molar-refractivity contribution in [1.29, 1.82) is 0 Å². The van der Waals surface area contributed by atoms with Crippen LogP contribution in [0.4, 0.5) is 0 Å². The van der Waals surface area contributed by atoms with E-state index in [4.69, 9.17) is 15.3 Å². The van der Waals surface area contributed by atoms with E-state index >= 15 is 0 Å². The van der Waals surface area contributed by atoms with Crippen molar-refractivity contribution in [3.63, 3.8) is 0 Å². The second kappa shape index (κ2) is 27.0. The van der Waals surface area contributed by atoms with E-state index in [-0.39, 0.29) is 27.1 Å². The van der Waals surface area contributed by atoms with E-state index in [0.29, 0.717) is 19.8 Å². The average Bonchev–Trinajstić information content (AvgIpc) is 2.59. The van der Waals surface area contributed by atoms with Crippen LogP contribution in [0.2, 0.25) is 0 Å². The molecule has 0 bridgehead atoms. The smallest absolute Gasteiger partial charge is 0.0430 e. The standard InChI is InChI=1S/C10H13.3C4H10O.Ti/c1-10(2,3)9-7-5-4-6-8-9;3*1-2-3-4-5;/h4-8H,1H2,2-3H3;3*5H,2-4H2,1H3;/q-1;;;;. The molecule has 0 fully saturated rings. The molecule has 4 heteroatoms. The zero-order valence-corrected chi connectivity index (χ0v) is 19.4. The molecule has 0 aromatic heterocycles. The first-order valence-electron chi connectivity index (χ1n) is 9.58. The first kappa shape index (κ1) is 33.4. The van der Waals surface area contributed by atoms with Crippen LogP contribution in [0.3, 0.4) is 0 Å². The molecule has 0 aliphatic rings. The minimum absolute atomic E-state index is 0. The van der Waals surface area contributed by atoms with Crippen LogP contribution in [-0.2, 0) is 27.1 Å². The Labute approximate surface area is 178 Å². The van der Waals surface area contributed by atoms with Crippen LogP contribution in [0.1, 0.15) is 78.7 Å². The van der Waals surface area contributed by atoms with E-state index in [1.807, 2.05) is 18.2 Å². The van der Waals surface area contributed by atoms with Gasteiger partial charge >= 0.3 is 0 Å². The summed E-state index contributed by atoms with van der Waals surface area (Å²) in [6.07, 6.45) is 6.11. The Bertz CT molecular complexity index is 304. The van der Waals surface area contributed by atoms with Crippen LogP contribution in [0.25, 0.3) is 0 Å². The molecule has 0 atom stereocenters. The molecule has 154 valence electrons. The summed E-state index contributed by atoms with van der Waals surface area (Å²) in [6.45, 7) is 15.5. The van der Waals surface area contributed by atoms with Crippen LogP contribution < -0.4 is 0 Å². The second-order valence-electron chi connectivity index (χ2n) is 6.48. The number of hydrogen-bond donors (Lipinski definition) is 3. The van der Waals surface area contributed by atoms with Crippen LogP contribution in [-0.4, -0.2) is 35.1 Å². The summed E-state index contributed by atoms with van der Waals surface area (Å²) in [5, 5.41) is 24.2. The number of unbranched alkanes of at least 4 members (excludes halogenated alkanes) is 3. The molecule has 1 aromatic rings. The van der Waals surface area contributed by atoms with Gasteiger partial charge in [-0.2, -0.15) is 0 Å². The Kier molecular flexibility index (Phi) is 34.7. The number of aliphatic hydroxyl groups excluding tert-OH is 3. The van der Waals surface area contributed by atoms with E-state index in [2.05, 4.69) is 53.7 Å². The summed E-state index contributed by atoms with van der Waals surface area (Å²) in [5.74, 6) is 0. The summed E-state index contributed by atoms with van der Waals surface area (Å²) in [6, 6.07) is 10.3. The van der Waals surface area contributed by atoms with Gasteiger partial charge < -0.3 is 22.2 Å².